The Balaban J connectivity index is 1.70. The van der Waals surface area contributed by atoms with E-state index in [-0.39, 0.29) is 11.1 Å². The van der Waals surface area contributed by atoms with Gasteiger partial charge in [0, 0.05) is 40.5 Å². The van der Waals surface area contributed by atoms with Crippen LogP contribution >= 0.6 is 0 Å². The van der Waals surface area contributed by atoms with Crippen molar-refractivity contribution in [3.8, 4) is 16.9 Å². The summed E-state index contributed by atoms with van der Waals surface area (Å²) in [6.07, 6.45) is 0.673. The summed E-state index contributed by atoms with van der Waals surface area (Å²) < 4.78 is 41.5. The minimum atomic E-state index is -4.87. The molecule has 2 aromatic carbocycles. The van der Waals surface area contributed by atoms with E-state index in [1.54, 1.807) is 30.5 Å². The predicted octanol–water partition coefficient (Wildman–Crippen LogP) is 5.46. The average molecular weight is 452 g/mol. The van der Waals surface area contributed by atoms with Crippen molar-refractivity contribution in [1.82, 2.24) is 9.97 Å². The van der Waals surface area contributed by atoms with Gasteiger partial charge in [-0.2, -0.15) is 0 Å². The van der Waals surface area contributed by atoms with Gasteiger partial charge in [0.15, 0.2) is 5.78 Å². The number of carboxylic acids is 1. The van der Waals surface area contributed by atoms with Crippen LogP contribution in [0.5, 0.6) is 5.75 Å². The Labute approximate surface area is 185 Å². The van der Waals surface area contributed by atoms with E-state index in [0.717, 1.165) is 23.8 Å². The minimum absolute atomic E-state index is 0.0314. The number of aromatic amines is 1. The molecule has 4 rings (SSSR count). The topological polar surface area (TPSA) is 92.3 Å². The number of hydrogen-bond acceptors (Lipinski definition) is 4. The van der Waals surface area contributed by atoms with Crippen LogP contribution in [-0.2, 0) is 4.79 Å². The molecule has 0 saturated heterocycles. The van der Waals surface area contributed by atoms with Gasteiger partial charge >= 0.3 is 12.3 Å². The van der Waals surface area contributed by atoms with Crippen LogP contribution < -0.4 is 4.74 Å². The number of pyridine rings is 1. The third kappa shape index (κ3) is 5.09. The molecule has 9 heteroatoms. The number of nitrogens with zero attached hydrogens (tertiary/aromatic N) is 1. The number of carboxylic acid groups (broad SMARTS) is 1. The number of benzene rings is 2. The highest BCUT2D eigenvalue weighted by Gasteiger charge is 2.31. The summed E-state index contributed by atoms with van der Waals surface area (Å²) in [6.45, 7) is 0. The molecule has 0 unspecified atom stereocenters. The van der Waals surface area contributed by atoms with Gasteiger partial charge in [-0.3, -0.25) is 4.79 Å². The Morgan fingerprint density at radius 1 is 1.03 bits per heavy atom. The zero-order valence-corrected chi connectivity index (χ0v) is 16.8. The predicted molar refractivity (Wildman–Crippen MR) is 115 cm³/mol. The first kappa shape index (κ1) is 21.8. The number of carbonyl (C=O) groups is 2. The summed E-state index contributed by atoms with van der Waals surface area (Å²) in [5.74, 6) is -2.05. The summed E-state index contributed by atoms with van der Waals surface area (Å²) in [4.78, 5) is 31.0. The third-order valence-corrected chi connectivity index (χ3v) is 4.74. The summed E-state index contributed by atoms with van der Waals surface area (Å²) in [5, 5.41) is 9.30. The normalized spacial score (nSPS) is 11.7. The standard InChI is InChI=1S/C24H15F3N2O4/c25-24(26,27)33-18-6-2-5-16(10-18)22(32)20-13-29-23-19(20)11-17(12-28-23)15-4-1-3-14(9-15)7-8-21(30)31/h1-13H,(H,28,29)(H,30,31). The van der Waals surface area contributed by atoms with Gasteiger partial charge in [-0.1, -0.05) is 30.3 Å². The Kier molecular flexibility index (Phi) is 5.70. The number of ether oxygens (including phenoxy) is 1. The molecule has 2 heterocycles. The first-order chi connectivity index (χ1) is 15.7. The molecule has 4 aromatic rings. The highest BCUT2D eigenvalue weighted by Crippen LogP contribution is 2.29. The smallest absolute Gasteiger partial charge is 0.478 e. The van der Waals surface area contributed by atoms with Gasteiger partial charge in [-0.25, -0.2) is 9.78 Å². The molecule has 0 aliphatic carbocycles. The lowest BCUT2D eigenvalue weighted by Crippen LogP contribution is -2.17. The molecule has 0 radical (unpaired) electrons. The number of nitrogens with one attached hydrogen (secondary N) is 1. The highest BCUT2D eigenvalue weighted by atomic mass is 19.4. The maximum atomic E-state index is 13.0. The quantitative estimate of drug-likeness (QED) is 0.300. The second-order valence-electron chi connectivity index (χ2n) is 7.02. The number of hydrogen-bond donors (Lipinski definition) is 2. The summed E-state index contributed by atoms with van der Waals surface area (Å²) in [6, 6.07) is 13.7. The van der Waals surface area contributed by atoms with Gasteiger partial charge < -0.3 is 14.8 Å². The molecule has 0 amide bonds. The van der Waals surface area contributed by atoms with E-state index >= 15 is 0 Å². The summed E-state index contributed by atoms with van der Waals surface area (Å²) in [7, 11) is 0. The van der Waals surface area contributed by atoms with Crippen LogP contribution in [0.4, 0.5) is 13.2 Å². The lowest BCUT2D eigenvalue weighted by Gasteiger charge is -2.09. The van der Waals surface area contributed by atoms with Crippen LogP contribution in [0.25, 0.3) is 28.2 Å². The van der Waals surface area contributed by atoms with Crippen LogP contribution in [0.15, 0.2) is 73.1 Å². The van der Waals surface area contributed by atoms with Crippen LogP contribution in [0, 0.1) is 0 Å². The summed E-state index contributed by atoms with van der Waals surface area (Å²) in [5.41, 5.74) is 2.80. The zero-order chi connectivity index (χ0) is 23.6. The fraction of sp³-hybridized carbons (Fsp3) is 0.0417. The number of fused-ring (bicyclic) bond motifs is 1. The molecular formula is C24H15F3N2O4. The van der Waals surface area contributed by atoms with Gasteiger partial charge in [-0.05, 0) is 41.5 Å². The average Bonchev–Trinajstić information content (AvgIpc) is 3.19. The molecular weight excluding hydrogens is 437 g/mol. The Morgan fingerprint density at radius 2 is 1.82 bits per heavy atom. The highest BCUT2D eigenvalue weighted by molar-refractivity contribution is 6.16. The molecule has 0 aliphatic heterocycles. The van der Waals surface area contributed by atoms with Crippen molar-refractivity contribution in [2.45, 2.75) is 6.36 Å². The monoisotopic (exact) mass is 452 g/mol. The van der Waals surface area contributed by atoms with E-state index < -0.39 is 23.9 Å². The Bertz CT molecular complexity index is 1390. The van der Waals surface area contributed by atoms with Crippen molar-refractivity contribution in [3.05, 3.63) is 89.8 Å². The van der Waals surface area contributed by atoms with Gasteiger partial charge in [0.1, 0.15) is 11.4 Å². The molecule has 0 atom stereocenters. The fourth-order valence-corrected chi connectivity index (χ4v) is 3.33. The molecule has 0 bridgehead atoms. The first-order valence-electron chi connectivity index (χ1n) is 9.59. The molecule has 0 saturated carbocycles. The van der Waals surface area contributed by atoms with Crippen molar-refractivity contribution in [3.63, 3.8) is 0 Å². The Hall–Kier alpha value is -4.40. The number of alkyl halides is 3. The number of aromatic nitrogens is 2. The van der Waals surface area contributed by atoms with Crippen molar-refractivity contribution in [1.29, 1.82) is 0 Å². The van der Waals surface area contributed by atoms with Crippen LogP contribution in [0.3, 0.4) is 0 Å². The molecule has 2 N–H and O–H groups in total. The fourth-order valence-electron chi connectivity index (χ4n) is 3.33. The molecule has 0 aliphatic rings. The van der Waals surface area contributed by atoms with E-state index in [2.05, 4.69) is 14.7 Å². The SMILES string of the molecule is O=C(O)C=Cc1cccc(-c2cnc3[nH]cc(C(=O)c4cccc(OC(F)(F)F)c4)c3c2)c1. The van der Waals surface area contributed by atoms with E-state index in [9.17, 15) is 22.8 Å². The lowest BCUT2D eigenvalue weighted by atomic mass is 10.00. The molecule has 0 fully saturated rings. The van der Waals surface area contributed by atoms with Crippen molar-refractivity contribution < 1.29 is 32.6 Å². The number of ketones is 1. The van der Waals surface area contributed by atoms with Crippen molar-refractivity contribution >= 4 is 28.9 Å². The van der Waals surface area contributed by atoms with Gasteiger partial charge in [-0.15, -0.1) is 13.2 Å². The van der Waals surface area contributed by atoms with E-state index in [1.807, 2.05) is 6.07 Å². The molecule has 2 aromatic heterocycles. The number of aliphatic carboxylic acids is 1. The molecule has 6 nitrogen and oxygen atoms in total. The largest absolute Gasteiger partial charge is 0.573 e. The Morgan fingerprint density at radius 3 is 2.58 bits per heavy atom. The van der Waals surface area contributed by atoms with Crippen molar-refractivity contribution in [2.24, 2.45) is 0 Å². The lowest BCUT2D eigenvalue weighted by molar-refractivity contribution is -0.274. The van der Waals surface area contributed by atoms with Crippen LogP contribution in [0.1, 0.15) is 21.5 Å². The number of H-pyrrole nitrogens is 1. The number of carbonyl (C=O) groups excluding carboxylic acids is 1. The van der Waals surface area contributed by atoms with Gasteiger partial charge in [0.2, 0.25) is 0 Å². The molecule has 33 heavy (non-hydrogen) atoms. The first-order valence-corrected chi connectivity index (χ1v) is 9.59. The van der Waals surface area contributed by atoms with E-state index in [4.69, 9.17) is 5.11 Å². The zero-order valence-electron chi connectivity index (χ0n) is 16.8. The number of halogens is 3. The van der Waals surface area contributed by atoms with Crippen molar-refractivity contribution in [2.75, 3.05) is 0 Å². The van der Waals surface area contributed by atoms with Crippen LogP contribution in [-0.4, -0.2) is 33.2 Å². The van der Waals surface area contributed by atoms with Crippen LogP contribution in [0.2, 0.25) is 0 Å². The second-order valence-corrected chi connectivity index (χ2v) is 7.02. The minimum Gasteiger partial charge on any atom is -0.478 e. The van der Waals surface area contributed by atoms with E-state index in [0.29, 0.717) is 22.2 Å². The second kappa shape index (κ2) is 8.62. The molecule has 166 valence electrons. The molecule has 0 spiro atoms. The summed E-state index contributed by atoms with van der Waals surface area (Å²) >= 11 is 0. The van der Waals surface area contributed by atoms with Gasteiger partial charge in [0.25, 0.3) is 0 Å². The number of rotatable bonds is 6. The van der Waals surface area contributed by atoms with Gasteiger partial charge in [0.05, 0.1) is 0 Å². The maximum absolute atomic E-state index is 13.0. The van der Waals surface area contributed by atoms with E-state index in [1.165, 1.54) is 24.4 Å². The maximum Gasteiger partial charge on any atom is 0.573 e. The third-order valence-electron chi connectivity index (χ3n) is 4.74.